The molecule has 1 heterocycles. The van der Waals surface area contributed by atoms with Crippen molar-refractivity contribution in [2.45, 2.75) is 13.0 Å². The van der Waals surface area contributed by atoms with Crippen LogP contribution in [0.15, 0.2) is 29.5 Å². The summed E-state index contributed by atoms with van der Waals surface area (Å²) in [5, 5.41) is 25.4. The van der Waals surface area contributed by atoms with Crippen molar-refractivity contribution in [3.8, 4) is 5.75 Å². The highest BCUT2D eigenvalue weighted by molar-refractivity contribution is 5.95. The number of nitrogens with zero attached hydrogens (tertiary/aromatic N) is 1. The number of carbonyl (C=O) groups is 2. The van der Waals surface area contributed by atoms with Gasteiger partial charge in [-0.1, -0.05) is 0 Å². The molecule has 1 unspecified atom stereocenters. The molecule has 0 fully saturated rings. The molecule has 1 aliphatic heterocycles. The van der Waals surface area contributed by atoms with E-state index in [2.05, 4.69) is 15.4 Å². The minimum atomic E-state index is -0.882. The van der Waals surface area contributed by atoms with Crippen LogP contribution in [0.25, 0.3) is 0 Å². The van der Waals surface area contributed by atoms with Crippen LogP contribution in [-0.4, -0.2) is 29.1 Å². The zero-order valence-electron chi connectivity index (χ0n) is 11.7. The molecule has 1 atom stereocenters. The number of nitrogens with one attached hydrogen (secondary N) is 2. The summed E-state index contributed by atoms with van der Waals surface area (Å²) in [6.45, 7) is 1.53. The highest BCUT2D eigenvalue weighted by Gasteiger charge is 2.32. The van der Waals surface area contributed by atoms with Crippen LogP contribution in [-0.2, 0) is 9.53 Å². The molecule has 22 heavy (non-hydrogen) atoms. The second-order valence-electron chi connectivity index (χ2n) is 4.57. The van der Waals surface area contributed by atoms with Crippen LogP contribution < -0.4 is 10.6 Å². The molecule has 9 heteroatoms. The molecule has 2 amide bonds. The summed E-state index contributed by atoms with van der Waals surface area (Å²) in [7, 11) is 1.20. The van der Waals surface area contributed by atoms with Gasteiger partial charge in [-0.05, 0) is 24.6 Å². The summed E-state index contributed by atoms with van der Waals surface area (Å²) in [5.74, 6) is -1.22. The summed E-state index contributed by atoms with van der Waals surface area (Å²) in [4.78, 5) is 33.5. The van der Waals surface area contributed by atoms with E-state index in [1.54, 1.807) is 0 Å². The predicted octanol–water partition coefficient (Wildman–Crippen LogP) is 1.10. The maximum atomic E-state index is 11.9. The number of rotatable bonds is 3. The van der Waals surface area contributed by atoms with E-state index in [9.17, 15) is 24.8 Å². The van der Waals surface area contributed by atoms with Crippen LogP contribution in [0.2, 0.25) is 0 Å². The lowest BCUT2D eigenvalue weighted by Crippen LogP contribution is -2.45. The van der Waals surface area contributed by atoms with E-state index in [0.717, 1.165) is 12.1 Å². The summed E-state index contributed by atoms with van der Waals surface area (Å²) in [6, 6.07) is 2.17. The van der Waals surface area contributed by atoms with E-state index in [4.69, 9.17) is 0 Å². The Hall–Kier alpha value is -3.10. The van der Waals surface area contributed by atoms with Crippen molar-refractivity contribution in [3.05, 3.63) is 45.1 Å². The normalized spacial score (nSPS) is 17.5. The Morgan fingerprint density at radius 3 is 2.68 bits per heavy atom. The standard InChI is InChI=1S/C13H13N3O6/c1-6-10(12(18)22-2)11(15-13(19)14-6)7-3-4-8(16(20)21)9(17)5-7/h3-5,11,17H,1-2H3,(H2,14,15,19). The van der Waals surface area contributed by atoms with Gasteiger partial charge in [-0.25, -0.2) is 9.59 Å². The lowest BCUT2D eigenvalue weighted by Gasteiger charge is -2.27. The SMILES string of the molecule is COC(=O)C1=C(C)NC(=O)NC1c1ccc([N+](=O)[O-])c(O)c1. The molecule has 0 spiro atoms. The van der Waals surface area contributed by atoms with Gasteiger partial charge in [0, 0.05) is 11.8 Å². The van der Waals surface area contributed by atoms with Crippen molar-refractivity contribution in [2.24, 2.45) is 0 Å². The van der Waals surface area contributed by atoms with Crippen LogP contribution in [0.4, 0.5) is 10.5 Å². The molecule has 0 saturated heterocycles. The molecule has 0 saturated carbocycles. The maximum Gasteiger partial charge on any atom is 0.337 e. The minimum Gasteiger partial charge on any atom is -0.502 e. The molecule has 0 bridgehead atoms. The second kappa shape index (κ2) is 5.72. The van der Waals surface area contributed by atoms with Crippen molar-refractivity contribution in [1.82, 2.24) is 10.6 Å². The van der Waals surface area contributed by atoms with Gasteiger partial charge < -0.3 is 20.5 Å². The number of hydrogen-bond donors (Lipinski definition) is 3. The van der Waals surface area contributed by atoms with Crippen molar-refractivity contribution < 1.29 is 24.4 Å². The third kappa shape index (κ3) is 2.68. The fourth-order valence-corrected chi connectivity index (χ4v) is 2.20. The lowest BCUT2D eigenvalue weighted by molar-refractivity contribution is -0.385. The van der Waals surface area contributed by atoms with Gasteiger partial charge in [-0.15, -0.1) is 0 Å². The first-order chi connectivity index (χ1) is 10.3. The average Bonchev–Trinajstić information content (AvgIpc) is 2.45. The van der Waals surface area contributed by atoms with Gasteiger partial charge in [0.2, 0.25) is 0 Å². The number of benzene rings is 1. The number of amides is 2. The zero-order valence-corrected chi connectivity index (χ0v) is 11.7. The van der Waals surface area contributed by atoms with Crippen molar-refractivity contribution >= 4 is 17.7 Å². The van der Waals surface area contributed by atoms with Crippen LogP contribution in [0, 0.1) is 10.1 Å². The Bertz CT molecular complexity index is 697. The molecule has 3 N–H and O–H groups in total. The number of phenols is 1. The summed E-state index contributed by atoms with van der Waals surface area (Å²) < 4.78 is 4.68. The van der Waals surface area contributed by atoms with Crippen LogP contribution in [0.3, 0.4) is 0 Å². The van der Waals surface area contributed by atoms with Crippen LogP contribution in [0.5, 0.6) is 5.75 Å². The van der Waals surface area contributed by atoms with Gasteiger partial charge in [0.05, 0.1) is 23.6 Å². The number of hydrogen-bond acceptors (Lipinski definition) is 6. The van der Waals surface area contributed by atoms with E-state index in [0.29, 0.717) is 11.3 Å². The van der Waals surface area contributed by atoms with Gasteiger partial charge >= 0.3 is 17.7 Å². The molecule has 1 aromatic carbocycles. The molecule has 1 aromatic rings. The van der Waals surface area contributed by atoms with Gasteiger partial charge in [-0.2, -0.15) is 0 Å². The quantitative estimate of drug-likeness (QED) is 0.435. The second-order valence-corrected chi connectivity index (χ2v) is 4.57. The zero-order chi connectivity index (χ0) is 16.4. The number of nitro benzene ring substituents is 1. The molecule has 0 aliphatic carbocycles. The van der Waals surface area contributed by atoms with E-state index in [1.807, 2.05) is 0 Å². The van der Waals surface area contributed by atoms with Gasteiger partial charge in [0.1, 0.15) is 0 Å². The summed E-state index contributed by atoms with van der Waals surface area (Å²) in [6.07, 6.45) is 0. The van der Waals surface area contributed by atoms with Crippen LogP contribution >= 0.6 is 0 Å². The molecule has 0 radical (unpaired) electrons. The minimum absolute atomic E-state index is 0.148. The number of aromatic hydroxyl groups is 1. The fourth-order valence-electron chi connectivity index (χ4n) is 2.20. The molecule has 2 rings (SSSR count). The summed E-state index contributed by atoms with van der Waals surface area (Å²) in [5.41, 5.74) is 0.302. The Morgan fingerprint density at radius 2 is 2.14 bits per heavy atom. The van der Waals surface area contributed by atoms with Gasteiger partial charge in [0.25, 0.3) is 0 Å². The number of urea groups is 1. The third-order valence-corrected chi connectivity index (χ3v) is 3.20. The van der Waals surface area contributed by atoms with Crippen molar-refractivity contribution in [3.63, 3.8) is 0 Å². The van der Waals surface area contributed by atoms with E-state index >= 15 is 0 Å². The largest absolute Gasteiger partial charge is 0.502 e. The molecule has 9 nitrogen and oxygen atoms in total. The monoisotopic (exact) mass is 307 g/mol. The highest BCUT2D eigenvalue weighted by atomic mass is 16.6. The predicted molar refractivity (Wildman–Crippen MR) is 73.9 cm³/mol. The first kappa shape index (κ1) is 15.3. The maximum absolute atomic E-state index is 11.9. The fraction of sp³-hybridized carbons (Fsp3) is 0.231. The Morgan fingerprint density at radius 1 is 1.45 bits per heavy atom. The van der Waals surface area contributed by atoms with Gasteiger partial charge in [0.15, 0.2) is 5.75 Å². The number of esters is 1. The number of nitro groups is 1. The van der Waals surface area contributed by atoms with E-state index < -0.39 is 34.4 Å². The molecular weight excluding hydrogens is 294 g/mol. The lowest BCUT2D eigenvalue weighted by atomic mass is 9.95. The van der Waals surface area contributed by atoms with E-state index in [1.165, 1.54) is 20.1 Å². The number of methoxy groups -OCH3 is 1. The summed E-state index contributed by atoms with van der Waals surface area (Å²) >= 11 is 0. The first-order valence-electron chi connectivity index (χ1n) is 6.19. The Labute approximate surface area is 124 Å². The third-order valence-electron chi connectivity index (χ3n) is 3.20. The molecule has 1 aliphatic rings. The number of phenolic OH excluding ortho intramolecular Hbond substituents is 1. The van der Waals surface area contributed by atoms with E-state index in [-0.39, 0.29) is 5.57 Å². The number of allylic oxidation sites excluding steroid dienone is 1. The topological polar surface area (TPSA) is 131 Å². The van der Waals surface area contributed by atoms with Crippen LogP contribution in [0.1, 0.15) is 18.5 Å². The molecule has 116 valence electrons. The number of ether oxygens (including phenoxy) is 1. The number of carbonyl (C=O) groups excluding carboxylic acids is 2. The smallest absolute Gasteiger partial charge is 0.337 e. The Balaban J connectivity index is 2.51. The van der Waals surface area contributed by atoms with Crippen molar-refractivity contribution in [1.29, 1.82) is 0 Å². The molecular formula is C13H13N3O6. The van der Waals surface area contributed by atoms with Gasteiger partial charge in [-0.3, -0.25) is 10.1 Å². The van der Waals surface area contributed by atoms with Crippen molar-refractivity contribution in [2.75, 3.05) is 7.11 Å². The highest BCUT2D eigenvalue weighted by Crippen LogP contribution is 2.33. The first-order valence-corrected chi connectivity index (χ1v) is 6.19. The Kier molecular flexibility index (Phi) is 3.97. The molecule has 0 aromatic heterocycles. The average molecular weight is 307 g/mol.